The lowest BCUT2D eigenvalue weighted by molar-refractivity contribution is -0.120. The minimum atomic E-state index is -1.15. The van der Waals surface area contributed by atoms with Crippen molar-refractivity contribution in [3.8, 4) is 11.5 Å². The molecular weight excluding hydrogens is 302 g/mol. The van der Waals surface area contributed by atoms with E-state index in [0.29, 0.717) is 22.8 Å². The lowest BCUT2D eigenvalue weighted by atomic mass is 10.1. The highest BCUT2D eigenvalue weighted by Crippen LogP contribution is 2.28. The van der Waals surface area contributed by atoms with Crippen molar-refractivity contribution in [1.82, 2.24) is 5.32 Å². The molecule has 2 aromatic rings. The van der Waals surface area contributed by atoms with Gasteiger partial charge >= 0.3 is 5.97 Å². The topological polar surface area (TPSA) is 98.0 Å². The van der Waals surface area contributed by atoms with E-state index in [2.05, 4.69) is 5.32 Å². The van der Waals surface area contributed by atoms with Gasteiger partial charge in [0.2, 0.25) is 11.7 Å². The Bertz CT molecular complexity index is 684. The molecule has 2 N–H and O–H groups in total. The number of carboxylic acid groups (broad SMARTS) is 1. The predicted octanol–water partition coefficient (Wildman–Crippen LogP) is 1.85. The normalized spacial score (nSPS) is 10.2. The zero-order valence-corrected chi connectivity index (χ0v) is 12.8. The van der Waals surface area contributed by atoms with Crippen molar-refractivity contribution in [2.45, 2.75) is 13.0 Å². The molecule has 0 fully saturated rings. The molecule has 0 aliphatic rings. The maximum absolute atomic E-state index is 12.1. The van der Waals surface area contributed by atoms with E-state index in [1.54, 1.807) is 18.2 Å². The summed E-state index contributed by atoms with van der Waals surface area (Å²) in [6.07, 6.45) is 0.0691. The van der Waals surface area contributed by atoms with Crippen LogP contribution in [0.1, 0.15) is 21.9 Å². The minimum absolute atomic E-state index is 0.0691. The average molecular weight is 319 g/mol. The van der Waals surface area contributed by atoms with Crippen LogP contribution >= 0.6 is 0 Å². The van der Waals surface area contributed by atoms with Crippen molar-refractivity contribution >= 4 is 11.9 Å². The number of carbonyl (C=O) groups is 2. The molecule has 1 amide bonds. The Hall–Kier alpha value is -2.96. The smallest absolute Gasteiger partial charge is 0.371 e. The quantitative estimate of drug-likeness (QED) is 0.808. The number of benzene rings is 1. The fourth-order valence-corrected chi connectivity index (χ4v) is 2.10. The first-order valence-corrected chi connectivity index (χ1v) is 6.83. The largest absolute Gasteiger partial charge is 0.496 e. The van der Waals surface area contributed by atoms with E-state index in [0.717, 1.165) is 0 Å². The number of carbonyl (C=O) groups excluding carboxylic acids is 1. The van der Waals surface area contributed by atoms with E-state index >= 15 is 0 Å². The maximum Gasteiger partial charge on any atom is 0.371 e. The number of ether oxygens (including phenoxy) is 2. The Morgan fingerprint density at radius 1 is 1.13 bits per heavy atom. The molecule has 0 saturated heterocycles. The van der Waals surface area contributed by atoms with Gasteiger partial charge in [-0.2, -0.15) is 0 Å². The number of hydrogen-bond donors (Lipinski definition) is 2. The summed E-state index contributed by atoms with van der Waals surface area (Å²) in [7, 11) is 3.04. The first kappa shape index (κ1) is 16.4. The Morgan fingerprint density at radius 2 is 1.78 bits per heavy atom. The Balaban J connectivity index is 2.01. The highest BCUT2D eigenvalue weighted by Gasteiger charge is 2.15. The van der Waals surface area contributed by atoms with E-state index in [1.165, 1.54) is 26.4 Å². The van der Waals surface area contributed by atoms with Gasteiger partial charge in [-0.3, -0.25) is 4.79 Å². The fraction of sp³-hybridized carbons (Fsp3) is 0.250. The van der Waals surface area contributed by atoms with Gasteiger partial charge in [0.05, 0.1) is 27.2 Å². The van der Waals surface area contributed by atoms with Crippen molar-refractivity contribution in [2.24, 2.45) is 0 Å². The molecule has 0 aliphatic heterocycles. The highest BCUT2D eigenvalue weighted by molar-refractivity contribution is 5.84. The molecule has 7 heteroatoms. The van der Waals surface area contributed by atoms with Crippen LogP contribution in [0.25, 0.3) is 0 Å². The second-order valence-electron chi connectivity index (χ2n) is 4.67. The fourth-order valence-electron chi connectivity index (χ4n) is 2.10. The number of furan rings is 1. The van der Waals surface area contributed by atoms with Crippen LogP contribution in [0.15, 0.2) is 34.7 Å². The van der Waals surface area contributed by atoms with Crippen LogP contribution in [-0.4, -0.2) is 31.2 Å². The molecule has 1 aromatic heterocycles. The van der Waals surface area contributed by atoms with Gasteiger partial charge in [0.15, 0.2) is 0 Å². The zero-order valence-electron chi connectivity index (χ0n) is 12.8. The van der Waals surface area contributed by atoms with Gasteiger partial charge in [0, 0.05) is 5.56 Å². The summed E-state index contributed by atoms with van der Waals surface area (Å²) in [5.74, 6) is -0.0953. The zero-order chi connectivity index (χ0) is 16.8. The van der Waals surface area contributed by atoms with Crippen LogP contribution in [0.4, 0.5) is 0 Å². The summed E-state index contributed by atoms with van der Waals surface area (Å²) in [6, 6.07) is 8.11. The van der Waals surface area contributed by atoms with Crippen molar-refractivity contribution in [1.29, 1.82) is 0 Å². The molecule has 1 heterocycles. The third kappa shape index (κ3) is 4.03. The standard InChI is InChI=1S/C16H17NO6/c1-21-12-4-3-5-13(22-2)11(12)8-15(18)17-9-10-6-7-14(23-10)16(19)20/h3-7H,8-9H2,1-2H3,(H,17,18)(H,19,20). The van der Waals surface area contributed by atoms with Crippen LogP contribution in [0, 0.1) is 0 Å². The number of methoxy groups -OCH3 is 2. The number of carboxylic acids is 1. The number of nitrogens with one attached hydrogen (secondary N) is 1. The van der Waals surface area contributed by atoms with Gasteiger partial charge in [0.1, 0.15) is 17.3 Å². The molecular formula is C16H17NO6. The minimum Gasteiger partial charge on any atom is -0.496 e. The Morgan fingerprint density at radius 3 is 2.30 bits per heavy atom. The molecule has 0 aliphatic carbocycles. The summed E-state index contributed by atoms with van der Waals surface area (Å²) >= 11 is 0. The lowest BCUT2D eigenvalue weighted by Crippen LogP contribution is -2.24. The number of hydrogen-bond acceptors (Lipinski definition) is 5. The SMILES string of the molecule is COc1cccc(OC)c1CC(=O)NCc1ccc(C(=O)O)o1. The van der Waals surface area contributed by atoms with Gasteiger partial charge in [-0.1, -0.05) is 6.07 Å². The third-order valence-corrected chi connectivity index (χ3v) is 3.20. The van der Waals surface area contributed by atoms with Crippen LogP contribution in [0.5, 0.6) is 11.5 Å². The Kier molecular flexibility index (Phi) is 5.24. The van der Waals surface area contributed by atoms with Gasteiger partial charge in [0.25, 0.3) is 0 Å². The van der Waals surface area contributed by atoms with Crippen LogP contribution in [-0.2, 0) is 17.8 Å². The van der Waals surface area contributed by atoms with Gasteiger partial charge in [-0.15, -0.1) is 0 Å². The van der Waals surface area contributed by atoms with Crippen LogP contribution in [0.3, 0.4) is 0 Å². The summed E-state index contributed by atoms with van der Waals surface area (Å²) in [6.45, 7) is 0.101. The van der Waals surface area contributed by atoms with Crippen LogP contribution < -0.4 is 14.8 Å². The van der Waals surface area contributed by atoms with E-state index in [9.17, 15) is 9.59 Å². The van der Waals surface area contributed by atoms with E-state index < -0.39 is 5.97 Å². The Labute approximate surface area is 132 Å². The van der Waals surface area contributed by atoms with Gasteiger partial charge < -0.3 is 24.3 Å². The molecule has 1 aromatic carbocycles. The van der Waals surface area contributed by atoms with Crippen molar-refractivity contribution < 1.29 is 28.6 Å². The summed E-state index contributed by atoms with van der Waals surface area (Å²) < 4.78 is 15.5. The van der Waals surface area contributed by atoms with E-state index in [1.807, 2.05) is 0 Å². The van der Waals surface area contributed by atoms with Crippen LogP contribution in [0.2, 0.25) is 0 Å². The van der Waals surface area contributed by atoms with E-state index in [-0.39, 0.29) is 24.6 Å². The summed E-state index contributed by atoms with van der Waals surface area (Å²) in [4.78, 5) is 22.8. The predicted molar refractivity (Wildman–Crippen MR) is 80.8 cm³/mol. The first-order valence-electron chi connectivity index (χ1n) is 6.83. The lowest BCUT2D eigenvalue weighted by Gasteiger charge is -2.12. The monoisotopic (exact) mass is 319 g/mol. The molecule has 0 atom stereocenters. The molecule has 0 bridgehead atoms. The summed E-state index contributed by atoms with van der Waals surface area (Å²) in [5, 5.41) is 11.4. The molecule has 7 nitrogen and oxygen atoms in total. The molecule has 0 saturated carbocycles. The highest BCUT2D eigenvalue weighted by atomic mass is 16.5. The molecule has 2 rings (SSSR count). The van der Waals surface area contributed by atoms with Crippen molar-refractivity contribution in [3.63, 3.8) is 0 Å². The van der Waals surface area contributed by atoms with Crippen molar-refractivity contribution in [3.05, 3.63) is 47.4 Å². The van der Waals surface area contributed by atoms with Crippen molar-refractivity contribution in [2.75, 3.05) is 14.2 Å². The molecule has 122 valence electrons. The van der Waals surface area contributed by atoms with Gasteiger partial charge in [-0.25, -0.2) is 4.79 Å². The first-order chi connectivity index (χ1) is 11.0. The maximum atomic E-state index is 12.1. The number of aromatic carboxylic acids is 1. The molecule has 0 radical (unpaired) electrons. The summed E-state index contributed by atoms with van der Waals surface area (Å²) in [5.41, 5.74) is 0.640. The molecule has 23 heavy (non-hydrogen) atoms. The average Bonchev–Trinajstić information content (AvgIpc) is 3.02. The molecule has 0 spiro atoms. The molecule has 0 unspecified atom stereocenters. The van der Waals surface area contributed by atoms with E-state index in [4.69, 9.17) is 19.0 Å². The third-order valence-electron chi connectivity index (χ3n) is 3.20. The number of rotatable bonds is 7. The second-order valence-corrected chi connectivity index (χ2v) is 4.67. The number of amides is 1. The van der Waals surface area contributed by atoms with Gasteiger partial charge in [-0.05, 0) is 24.3 Å². The second kappa shape index (κ2) is 7.35.